The van der Waals surface area contributed by atoms with Gasteiger partial charge in [-0.15, -0.1) is 0 Å². The maximum absolute atomic E-state index is 13.2. The van der Waals surface area contributed by atoms with Crippen LogP contribution >= 0.6 is 15.6 Å². The van der Waals surface area contributed by atoms with E-state index in [0.29, 0.717) is 25.7 Å². The van der Waals surface area contributed by atoms with Crippen LogP contribution in [-0.2, 0) is 65.4 Å². The molecule has 0 saturated heterocycles. The average molecular weight is 1580 g/mol. The van der Waals surface area contributed by atoms with Gasteiger partial charge in [0.25, 0.3) is 0 Å². The Morgan fingerprint density at radius 2 is 0.472 bits per heavy atom. The summed E-state index contributed by atoms with van der Waals surface area (Å²) in [6.45, 7) is 9.73. The molecule has 0 saturated carbocycles. The second-order valence-corrected chi connectivity index (χ2v) is 35.6. The Morgan fingerprint density at radius 3 is 0.704 bits per heavy atom. The van der Waals surface area contributed by atoms with E-state index in [1.165, 1.54) is 295 Å². The van der Waals surface area contributed by atoms with E-state index < -0.39 is 97.5 Å². The third kappa shape index (κ3) is 80.7. The SMILES string of the molecule is CCCCCCCCCCCCCCCCCCCCCCCCC(=O)OC[C@H](COP(=O)(O)OC[C@@H](O)COP(=O)(O)OC[C@@H](COC(=O)CCCCCCCCCCCCC)OC(=O)CCCCCCCCCCCCC(C)C)OC(=O)CCCCCCCCCCCCCCCCCCCCC(C)CC. The monoisotopic (exact) mass is 1580 g/mol. The number of carbonyl (C=O) groups excluding carboxylic acids is 4. The minimum atomic E-state index is -4.97. The second kappa shape index (κ2) is 80.3. The van der Waals surface area contributed by atoms with E-state index in [9.17, 15) is 43.2 Å². The number of aliphatic hydroxyl groups is 1. The van der Waals surface area contributed by atoms with Crippen molar-refractivity contribution in [2.45, 2.75) is 496 Å². The van der Waals surface area contributed by atoms with Gasteiger partial charge < -0.3 is 33.8 Å². The minimum Gasteiger partial charge on any atom is -0.462 e. The number of phosphoric ester groups is 2. The molecule has 6 atom stereocenters. The van der Waals surface area contributed by atoms with Crippen molar-refractivity contribution in [3.63, 3.8) is 0 Å². The van der Waals surface area contributed by atoms with Gasteiger partial charge in [0.2, 0.25) is 0 Å². The highest BCUT2D eigenvalue weighted by atomic mass is 31.2. The second-order valence-electron chi connectivity index (χ2n) is 32.7. The Balaban J connectivity index is 5.20. The number of ether oxygens (including phenoxy) is 4. The molecular formula is C89H174O17P2. The molecular weight excluding hydrogens is 1400 g/mol. The fraction of sp³-hybridized carbons (Fsp3) is 0.955. The highest BCUT2D eigenvalue weighted by Gasteiger charge is 2.31. The molecule has 0 aromatic rings. The van der Waals surface area contributed by atoms with Gasteiger partial charge in [0, 0.05) is 25.7 Å². The lowest BCUT2D eigenvalue weighted by molar-refractivity contribution is -0.161. The first-order valence-electron chi connectivity index (χ1n) is 46.0. The van der Waals surface area contributed by atoms with E-state index >= 15 is 0 Å². The van der Waals surface area contributed by atoms with Crippen LogP contribution in [-0.4, -0.2) is 96.7 Å². The zero-order valence-corrected chi connectivity index (χ0v) is 73.0. The van der Waals surface area contributed by atoms with Gasteiger partial charge >= 0.3 is 39.5 Å². The third-order valence-corrected chi connectivity index (χ3v) is 23.2. The molecule has 0 rings (SSSR count). The van der Waals surface area contributed by atoms with E-state index in [0.717, 1.165) is 102 Å². The summed E-state index contributed by atoms with van der Waals surface area (Å²) in [6.07, 6.45) is 73.7. The summed E-state index contributed by atoms with van der Waals surface area (Å²) in [4.78, 5) is 73.3. The Kier molecular flexibility index (Phi) is 78.8. The van der Waals surface area contributed by atoms with Crippen molar-refractivity contribution in [1.82, 2.24) is 0 Å². The summed E-state index contributed by atoms with van der Waals surface area (Å²) >= 11 is 0. The fourth-order valence-corrected chi connectivity index (χ4v) is 15.5. The molecule has 0 radical (unpaired) electrons. The molecule has 3 unspecified atom stereocenters. The van der Waals surface area contributed by atoms with Gasteiger partial charge in [0.15, 0.2) is 12.2 Å². The van der Waals surface area contributed by atoms with Crippen LogP contribution < -0.4 is 0 Å². The maximum atomic E-state index is 13.2. The number of aliphatic hydroxyl groups excluding tert-OH is 1. The zero-order valence-electron chi connectivity index (χ0n) is 71.2. The van der Waals surface area contributed by atoms with Crippen molar-refractivity contribution in [1.29, 1.82) is 0 Å². The first-order chi connectivity index (χ1) is 52.4. The molecule has 0 amide bonds. The normalized spacial score (nSPS) is 14.0. The number of esters is 4. The van der Waals surface area contributed by atoms with E-state index in [-0.39, 0.29) is 25.7 Å². The average Bonchev–Trinajstić information content (AvgIpc) is 0.898. The molecule has 19 heteroatoms. The topological polar surface area (TPSA) is 237 Å². The van der Waals surface area contributed by atoms with Crippen LogP contribution in [0.3, 0.4) is 0 Å². The largest absolute Gasteiger partial charge is 0.472 e. The van der Waals surface area contributed by atoms with Gasteiger partial charge in [0.05, 0.1) is 26.4 Å². The fourth-order valence-electron chi connectivity index (χ4n) is 13.9. The van der Waals surface area contributed by atoms with E-state index in [2.05, 4.69) is 41.5 Å². The van der Waals surface area contributed by atoms with Gasteiger partial charge in [-0.3, -0.25) is 37.3 Å². The number of hydrogen-bond donors (Lipinski definition) is 3. The molecule has 0 aliphatic carbocycles. The molecule has 3 N–H and O–H groups in total. The number of phosphoric acid groups is 2. The van der Waals surface area contributed by atoms with Crippen molar-refractivity contribution in [2.75, 3.05) is 39.6 Å². The summed E-state index contributed by atoms with van der Waals surface area (Å²) in [5, 5.41) is 10.7. The van der Waals surface area contributed by atoms with Gasteiger partial charge in [-0.2, -0.15) is 0 Å². The predicted molar refractivity (Wildman–Crippen MR) is 446 cm³/mol. The molecule has 0 heterocycles. The third-order valence-electron chi connectivity index (χ3n) is 21.3. The summed E-state index contributed by atoms with van der Waals surface area (Å²) < 4.78 is 68.9. The molecule has 0 aliphatic heterocycles. The Hall–Kier alpha value is -1.94. The van der Waals surface area contributed by atoms with Gasteiger partial charge in [-0.25, -0.2) is 9.13 Å². The van der Waals surface area contributed by atoms with E-state index in [1.54, 1.807) is 0 Å². The van der Waals surface area contributed by atoms with Crippen LogP contribution in [0.25, 0.3) is 0 Å². The first kappa shape index (κ1) is 106. The Morgan fingerprint density at radius 1 is 0.269 bits per heavy atom. The first-order valence-corrected chi connectivity index (χ1v) is 49.0. The van der Waals surface area contributed by atoms with Crippen LogP contribution in [0.4, 0.5) is 0 Å². The molecule has 0 bridgehead atoms. The van der Waals surface area contributed by atoms with Crippen molar-refractivity contribution in [3.8, 4) is 0 Å². The molecule has 17 nitrogen and oxygen atoms in total. The Bertz CT molecular complexity index is 2070. The van der Waals surface area contributed by atoms with Gasteiger partial charge in [-0.05, 0) is 37.5 Å². The molecule has 0 aliphatic rings. The number of hydrogen-bond acceptors (Lipinski definition) is 15. The highest BCUT2D eigenvalue weighted by molar-refractivity contribution is 7.47. The van der Waals surface area contributed by atoms with Crippen LogP contribution in [0.1, 0.15) is 478 Å². The zero-order chi connectivity index (χ0) is 79.2. The number of unbranched alkanes of at least 4 members (excludes halogenated alkanes) is 57. The maximum Gasteiger partial charge on any atom is 0.472 e. The predicted octanol–water partition coefficient (Wildman–Crippen LogP) is 27.4. The van der Waals surface area contributed by atoms with Gasteiger partial charge in [-0.1, -0.05) is 427 Å². The number of carbonyl (C=O) groups is 4. The molecule has 0 fully saturated rings. The molecule has 0 aromatic carbocycles. The standard InChI is InChI=1S/C89H174O17P2/c1-7-10-12-14-16-18-20-21-22-23-24-25-26-27-31-34-37-41-48-54-60-66-72-87(92)100-78-84(105-88(93)73-67-61-55-49-42-38-35-32-29-28-30-33-36-40-46-52-58-64-70-82(6)9-3)79-103-107(95,96)101-75-83(90)76-102-108(97,98)104-80-85(77-99-86(91)71-65-59-53-47-39-19-17-15-13-11-8-2)106-89(94)74-68-62-56-50-44-43-45-51-57-63-69-81(4)5/h81-85,90H,7-80H2,1-6H3,(H,95,96)(H,97,98)/t82?,83-,84-,85-/m1/s1. The van der Waals surface area contributed by atoms with Crippen LogP contribution in [0, 0.1) is 11.8 Å². The number of rotatable bonds is 88. The Labute approximate surface area is 664 Å². The summed E-state index contributed by atoms with van der Waals surface area (Å²) in [5.74, 6) is -0.477. The lowest BCUT2D eigenvalue weighted by atomic mass is 9.99. The summed E-state index contributed by atoms with van der Waals surface area (Å²) in [5.41, 5.74) is 0. The molecule has 642 valence electrons. The van der Waals surface area contributed by atoms with E-state index in [1.807, 2.05) is 0 Å². The molecule has 108 heavy (non-hydrogen) atoms. The van der Waals surface area contributed by atoms with Crippen molar-refractivity contribution in [3.05, 3.63) is 0 Å². The van der Waals surface area contributed by atoms with Crippen molar-refractivity contribution < 1.29 is 80.2 Å². The quantitative estimate of drug-likeness (QED) is 0.0222. The van der Waals surface area contributed by atoms with E-state index in [4.69, 9.17) is 37.0 Å². The molecule has 0 spiro atoms. The lowest BCUT2D eigenvalue weighted by Crippen LogP contribution is -2.30. The lowest BCUT2D eigenvalue weighted by Gasteiger charge is -2.21. The minimum absolute atomic E-state index is 0.107. The highest BCUT2D eigenvalue weighted by Crippen LogP contribution is 2.45. The van der Waals surface area contributed by atoms with Gasteiger partial charge in [0.1, 0.15) is 19.3 Å². The van der Waals surface area contributed by atoms with Crippen LogP contribution in [0.15, 0.2) is 0 Å². The van der Waals surface area contributed by atoms with Crippen molar-refractivity contribution >= 4 is 39.5 Å². The summed E-state index contributed by atoms with van der Waals surface area (Å²) in [6, 6.07) is 0. The van der Waals surface area contributed by atoms with Crippen LogP contribution in [0.5, 0.6) is 0 Å². The smallest absolute Gasteiger partial charge is 0.462 e. The van der Waals surface area contributed by atoms with Crippen molar-refractivity contribution in [2.24, 2.45) is 11.8 Å². The van der Waals surface area contributed by atoms with Crippen LogP contribution in [0.2, 0.25) is 0 Å². The molecule has 0 aromatic heterocycles. The summed E-state index contributed by atoms with van der Waals surface area (Å²) in [7, 11) is -9.93.